The molecule has 1 atom stereocenters. The fourth-order valence-electron chi connectivity index (χ4n) is 1.80. The number of nitrogens with zero attached hydrogens (tertiary/aromatic N) is 2. The molecule has 1 rings (SSSR count). The van der Waals surface area contributed by atoms with E-state index < -0.39 is 0 Å². The van der Waals surface area contributed by atoms with Gasteiger partial charge in [0.1, 0.15) is 0 Å². The average molecular weight is 301 g/mol. The van der Waals surface area contributed by atoms with Crippen LogP contribution in [0.2, 0.25) is 0 Å². The second-order valence-electron chi connectivity index (χ2n) is 4.16. The molecule has 0 spiro atoms. The second kappa shape index (κ2) is 6.10. The van der Waals surface area contributed by atoms with Crippen molar-refractivity contribution in [2.45, 2.75) is 44.9 Å². The number of hydrogen-bond acceptors (Lipinski definition) is 3. The molecule has 0 aliphatic carbocycles. The molecule has 1 aromatic rings. The number of aryl methyl sites for hydroxylation is 2. The van der Waals surface area contributed by atoms with Gasteiger partial charge in [-0.2, -0.15) is 0 Å². The van der Waals surface area contributed by atoms with Crippen LogP contribution >= 0.6 is 15.9 Å². The first-order chi connectivity index (χ1) is 7.97. The Hall–Kier alpha value is -0.970. The van der Waals surface area contributed by atoms with Gasteiger partial charge in [0.15, 0.2) is 0 Å². The van der Waals surface area contributed by atoms with E-state index in [-0.39, 0.29) is 10.6 Å². The van der Waals surface area contributed by atoms with E-state index in [0.717, 1.165) is 25.0 Å². The van der Waals surface area contributed by atoms with Crippen molar-refractivity contribution >= 4 is 21.6 Å². The molecular weight excluding hydrogens is 284 g/mol. The van der Waals surface area contributed by atoms with Crippen molar-refractivity contribution < 1.29 is 4.92 Å². The Balaban J connectivity index is 2.95. The van der Waals surface area contributed by atoms with Crippen LogP contribution in [0.4, 0.5) is 5.69 Å². The summed E-state index contributed by atoms with van der Waals surface area (Å²) in [4.78, 5) is 15.4. The molecule has 1 unspecified atom stereocenters. The summed E-state index contributed by atoms with van der Waals surface area (Å²) in [5.41, 5.74) is 2.37. The molecule has 0 radical (unpaired) electrons. The van der Waals surface area contributed by atoms with Crippen molar-refractivity contribution in [1.29, 1.82) is 0 Å². The molecule has 0 aliphatic rings. The van der Waals surface area contributed by atoms with Crippen LogP contribution in [0, 0.1) is 24.0 Å². The SMILES string of the molecule is CCC(Br)CCc1ncc(C)c([N+](=O)[O-])c1C. The van der Waals surface area contributed by atoms with E-state index in [9.17, 15) is 10.1 Å². The molecule has 0 bridgehead atoms. The molecule has 17 heavy (non-hydrogen) atoms. The fraction of sp³-hybridized carbons (Fsp3) is 0.583. The van der Waals surface area contributed by atoms with E-state index in [1.807, 2.05) is 0 Å². The number of alkyl halides is 1. The minimum absolute atomic E-state index is 0.206. The van der Waals surface area contributed by atoms with Crippen molar-refractivity contribution in [3.05, 3.63) is 33.1 Å². The van der Waals surface area contributed by atoms with E-state index in [2.05, 4.69) is 27.8 Å². The number of rotatable bonds is 5. The summed E-state index contributed by atoms with van der Waals surface area (Å²) in [7, 11) is 0. The van der Waals surface area contributed by atoms with Crippen molar-refractivity contribution in [1.82, 2.24) is 4.98 Å². The predicted molar refractivity (Wildman–Crippen MR) is 71.7 cm³/mol. The molecule has 94 valence electrons. The third-order valence-electron chi connectivity index (χ3n) is 2.90. The minimum atomic E-state index is -0.318. The van der Waals surface area contributed by atoms with E-state index in [0.29, 0.717) is 16.0 Å². The Labute approximate surface area is 110 Å². The highest BCUT2D eigenvalue weighted by Crippen LogP contribution is 2.25. The molecule has 1 aromatic heterocycles. The van der Waals surface area contributed by atoms with Crippen LogP contribution in [0.3, 0.4) is 0 Å². The quantitative estimate of drug-likeness (QED) is 0.473. The third kappa shape index (κ3) is 3.49. The standard InChI is InChI=1S/C12H17BrN2O2/c1-4-10(13)5-6-11-9(3)12(15(16)17)8(2)7-14-11/h7,10H,4-6H2,1-3H3. The molecule has 0 saturated heterocycles. The number of halogens is 1. The van der Waals surface area contributed by atoms with Crippen molar-refractivity contribution in [3.63, 3.8) is 0 Å². The first-order valence-corrected chi connectivity index (χ1v) is 6.62. The highest BCUT2D eigenvalue weighted by molar-refractivity contribution is 9.09. The van der Waals surface area contributed by atoms with Crippen molar-refractivity contribution in [2.24, 2.45) is 0 Å². The topological polar surface area (TPSA) is 56.0 Å². The summed E-state index contributed by atoms with van der Waals surface area (Å²) in [5, 5.41) is 11.0. The summed E-state index contributed by atoms with van der Waals surface area (Å²) in [6.07, 6.45) is 4.36. The minimum Gasteiger partial charge on any atom is -0.260 e. The van der Waals surface area contributed by atoms with Gasteiger partial charge in [0.05, 0.1) is 10.6 Å². The van der Waals surface area contributed by atoms with Crippen LogP contribution in [0.25, 0.3) is 0 Å². The molecule has 1 heterocycles. The van der Waals surface area contributed by atoms with Gasteiger partial charge in [-0.3, -0.25) is 15.1 Å². The first kappa shape index (κ1) is 14.1. The molecule has 0 fully saturated rings. The zero-order chi connectivity index (χ0) is 13.0. The number of pyridine rings is 1. The number of hydrogen-bond donors (Lipinski definition) is 0. The van der Waals surface area contributed by atoms with Crippen LogP contribution in [-0.2, 0) is 6.42 Å². The third-order valence-corrected chi connectivity index (χ3v) is 4.00. The molecule has 0 amide bonds. The van der Waals surface area contributed by atoms with Crippen molar-refractivity contribution in [3.8, 4) is 0 Å². The van der Waals surface area contributed by atoms with Gasteiger partial charge in [-0.05, 0) is 33.1 Å². The Morgan fingerprint density at radius 1 is 1.53 bits per heavy atom. The summed E-state index contributed by atoms with van der Waals surface area (Å²) in [5.74, 6) is 0. The lowest BCUT2D eigenvalue weighted by Crippen LogP contribution is -2.05. The van der Waals surface area contributed by atoms with E-state index in [1.54, 1.807) is 20.0 Å². The summed E-state index contributed by atoms with van der Waals surface area (Å²) in [6, 6.07) is 0. The fourth-order valence-corrected chi connectivity index (χ4v) is 2.02. The van der Waals surface area contributed by atoms with Crippen LogP contribution < -0.4 is 0 Å². The Bertz CT molecular complexity index is 421. The van der Waals surface area contributed by atoms with Crippen LogP contribution in [-0.4, -0.2) is 14.7 Å². The molecule has 0 saturated carbocycles. The first-order valence-electron chi connectivity index (χ1n) is 5.70. The van der Waals surface area contributed by atoms with Gasteiger partial charge in [-0.15, -0.1) is 0 Å². The van der Waals surface area contributed by atoms with Crippen LogP contribution in [0.5, 0.6) is 0 Å². The van der Waals surface area contributed by atoms with Gasteiger partial charge >= 0.3 is 0 Å². The maximum atomic E-state index is 11.0. The number of aromatic nitrogens is 1. The van der Waals surface area contributed by atoms with E-state index in [1.165, 1.54) is 0 Å². The Morgan fingerprint density at radius 3 is 2.71 bits per heavy atom. The lowest BCUT2D eigenvalue weighted by Gasteiger charge is -2.09. The van der Waals surface area contributed by atoms with Gasteiger partial charge < -0.3 is 0 Å². The highest BCUT2D eigenvalue weighted by atomic mass is 79.9. The molecular formula is C12H17BrN2O2. The lowest BCUT2D eigenvalue weighted by atomic mass is 10.0. The second-order valence-corrected chi connectivity index (χ2v) is 5.46. The smallest absolute Gasteiger partial charge is 0.260 e. The van der Waals surface area contributed by atoms with Gasteiger partial charge in [-0.1, -0.05) is 22.9 Å². The molecule has 5 heteroatoms. The van der Waals surface area contributed by atoms with E-state index in [4.69, 9.17) is 0 Å². The largest absolute Gasteiger partial charge is 0.278 e. The van der Waals surface area contributed by atoms with Crippen LogP contribution in [0.15, 0.2) is 6.20 Å². The maximum absolute atomic E-state index is 11.0. The Kier molecular flexibility index (Phi) is 5.05. The van der Waals surface area contributed by atoms with Crippen molar-refractivity contribution in [2.75, 3.05) is 0 Å². The summed E-state index contributed by atoms with van der Waals surface area (Å²) in [6.45, 7) is 5.61. The average Bonchev–Trinajstić information content (AvgIpc) is 2.27. The predicted octanol–water partition coefficient (Wildman–Crippen LogP) is 3.71. The molecule has 4 nitrogen and oxygen atoms in total. The molecule has 0 aromatic carbocycles. The van der Waals surface area contributed by atoms with Crippen LogP contribution in [0.1, 0.15) is 36.6 Å². The van der Waals surface area contributed by atoms with Gasteiger partial charge in [0.2, 0.25) is 0 Å². The zero-order valence-corrected chi connectivity index (χ0v) is 12.0. The monoisotopic (exact) mass is 300 g/mol. The van der Waals surface area contributed by atoms with Gasteiger partial charge in [0, 0.05) is 22.2 Å². The molecule has 0 N–H and O–H groups in total. The van der Waals surface area contributed by atoms with Gasteiger partial charge in [-0.25, -0.2) is 0 Å². The summed E-state index contributed by atoms with van der Waals surface area (Å²) >= 11 is 3.56. The number of nitro groups is 1. The van der Waals surface area contributed by atoms with Gasteiger partial charge in [0.25, 0.3) is 5.69 Å². The Morgan fingerprint density at radius 2 is 2.18 bits per heavy atom. The van der Waals surface area contributed by atoms with E-state index >= 15 is 0 Å². The molecule has 0 aliphatic heterocycles. The lowest BCUT2D eigenvalue weighted by molar-refractivity contribution is -0.386. The normalized spacial score (nSPS) is 12.5. The highest BCUT2D eigenvalue weighted by Gasteiger charge is 2.18. The maximum Gasteiger partial charge on any atom is 0.278 e. The summed E-state index contributed by atoms with van der Waals surface area (Å²) < 4.78 is 0. The zero-order valence-electron chi connectivity index (χ0n) is 10.4.